The Bertz CT molecular complexity index is 426. The zero-order valence-corrected chi connectivity index (χ0v) is 13.3. The lowest BCUT2D eigenvalue weighted by Crippen LogP contribution is -2.49. The molecule has 2 atom stereocenters. The Morgan fingerprint density at radius 3 is 2.48 bits per heavy atom. The van der Waals surface area contributed by atoms with Crippen molar-refractivity contribution in [2.24, 2.45) is 0 Å². The average molecular weight is 288 g/mol. The molecule has 0 heterocycles. The molecule has 0 saturated heterocycles. The highest BCUT2D eigenvalue weighted by atomic mass is 16.2. The lowest BCUT2D eigenvalue weighted by atomic mass is 9.95. The maximum Gasteiger partial charge on any atom is 0.237 e. The molecule has 1 aromatic rings. The van der Waals surface area contributed by atoms with Crippen molar-refractivity contribution in [3.05, 3.63) is 35.9 Å². The number of carbonyl (C=O) groups excluding carboxylic acids is 1. The third kappa shape index (κ3) is 5.50. The van der Waals surface area contributed by atoms with E-state index in [1.807, 2.05) is 13.0 Å². The minimum atomic E-state index is -0.134. The fraction of sp³-hybridized carbons (Fsp3) is 0.611. The molecule has 3 nitrogen and oxygen atoms in total. The van der Waals surface area contributed by atoms with Crippen LogP contribution in [0.1, 0.15) is 51.5 Å². The molecule has 1 aliphatic carbocycles. The van der Waals surface area contributed by atoms with Gasteiger partial charge in [-0.15, -0.1) is 0 Å². The maximum absolute atomic E-state index is 12.2. The molecule has 0 bridgehead atoms. The topological polar surface area (TPSA) is 41.1 Å². The average Bonchev–Trinajstić information content (AvgIpc) is 2.49. The van der Waals surface area contributed by atoms with E-state index >= 15 is 0 Å². The summed E-state index contributed by atoms with van der Waals surface area (Å²) in [5, 5.41) is 6.59. The van der Waals surface area contributed by atoms with Gasteiger partial charge in [-0.2, -0.15) is 0 Å². The molecule has 1 saturated carbocycles. The fourth-order valence-corrected chi connectivity index (χ4v) is 3.10. The summed E-state index contributed by atoms with van der Waals surface area (Å²) in [6, 6.07) is 10.9. The Morgan fingerprint density at radius 2 is 1.81 bits per heavy atom. The second kappa shape index (κ2) is 8.18. The van der Waals surface area contributed by atoms with Gasteiger partial charge < -0.3 is 10.6 Å². The smallest absolute Gasteiger partial charge is 0.237 e. The molecule has 1 aliphatic rings. The van der Waals surface area contributed by atoms with Crippen molar-refractivity contribution in [1.29, 1.82) is 0 Å². The summed E-state index contributed by atoms with van der Waals surface area (Å²) in [5.41, 5.74) is 1.30. The first-order chi connectivity index (χ1) is 10.1. The number of nitrogens with one attached hydrogen (secondary N) is 2. The summed E-state index contributed by atoms with van der Waals surface area (Å²) in [6.45, 7) is 4.09. The summed E-state index contributed by atoms with van der Waals surface area (Å²) in [5.74, 6) is 0.141. The van der Waals surface area contributed by atoms with Crippen LogP contribution in [-0.4, -0.2) is 24.0 Å². The van der Waals surface area contributed by atoms with Gasteiger partial charge in [0, 0.05) is 12.1 Å². The molecule has 0 aliphatic heterocycles. The Labute approximate surface area is 128 Å². The Kier molecular flexibility index (Phi) is 6.24. The molecule has 1 fully saturated rings. The standard InChI is InChI=1S/C18H28N2O/c1-14(13-16-9-5-3-6-10-16)19-15(2)18(21)20-17-11-7-4-8-12-17/h3,5-6,9-10,14-15,17,19H,4,7-8,11-13H2,1-2H3,(H,20,21). The van der Waals surface area contributed by atoms with Crippen LogP contribution in [-0.2, 0) is 11.2 Å². The number of rotatable bonds is 6. The van der Waals surface area contributed by atoms with Gasteiger partial charge >= 0.3 is 0 Å². The minimum Gasteiger partial charge on any atom is -0.352 e. The first-order valence-corrected chi connectivity index (χ1v) is 8.25. The van der Waals surface area contributed by atoms with E-state index in [0.717, 1.165) is 19.3 Å². The van der Waals surface area contributed by atoms with E-state index in [4.69, 9.17) is 0 Å². The lowest BCUT2D eigenvalue weighted by Gasteiger charge is -2.26. The van der Waals surface area contributed by atoms with E-state index in [1.54, 1.807) is 0 Å². The van der Waals surface area contributed by atoms with E-state index in [-0.39, 0.29) is 11.9 Å². The second-order valence-corrected chi connectivity index (χ2v) is 6.32. The van der Waals surface area contributed by atoms with Crippen LogP contribution in [0, 0.1) is 0 Å². The van der Waals surface area contributed by atoms with Gasteiger partial charge in [-0.3, -0.25) is 4.79 Å². The highest BCUT2D eigenvalue weighted by Gasteiger charge is 2.20. The van der Waals surface area contributed by atoms with E-state index in [0.29, 0.717) is 12.1 Å². The van der Waals surface area contributed by atoms with E-state index in [2.05, 4.69) is 41.8 Å². The fourth-order valence-electron chi connectivity index (χ4n) is 3.10. The monoisotopic (exact) mass is 288 g/mol. The number of amides is 1. The van der Waals surface area contributed by atoms with Gasteiger partial charge in [0.2, 0.25) is 5.91 Å². The molecule has 1 aromatic carbocycles. The first kappa shape index (κ1) is 16.0. The molecule has 3 heteroatoms. The molecular weight excluding hydrogens is 260 g/mol. The molecule has 21 heavy (non-hydrogen) atoms. The normalized spacial score (nSPS) is 19.0. The van der Waals surface area contributed by atoms with Crippen LogP contribution < -0.4 is 10.6 Å². The molecule has 0 aromatic heterocycles. The Balaban J connectivity index is 1.74. The quantitative estimate of drug-likeness (QED) is 0.845. The Morgan fingerprint density at radius 1 is 1.14 bits per heavy atom. The largest absolute Gasteiger partial charge is 0.352 e. The SMILES string of the molecule is CC(Cc1ccccc1)NC(C)C(=O)NC1CCCCC1. The zero-order chi connectivity index (χ0) is 15.1. The van der Waals surface area contributed by atoms with Gasteiger partial charge in [0.05, 0.1) is 6.04 Å². The van der Waals surface area contributed by atoms with Crippen LogP contribution >= 0.6 is 0 Å². The molecule has 2 unspecified atom stereocenters. The minimum absolute atomic E-state index is 0.134. The van der Waals surface area contributed by atoms with Crippen LogP contribution in [0.2, 0.25) is 0 Å². The predicted octanol–water partition coefficient (Wildman–Crippen LogP) is 3.04. The summed E-state index contributed by atoms with van der Waals surface area (Å²) in [7, 11) is 0. The van der Waals surface area contributed by atoms with Crippen LogP contribution in [0.3, 0.4) is 0 Å². The van der Waals surface area contributed by atoms with Gasteiger partial charge in [0.25, 0.3) is 0 Å². The molecule has 1 amide bonds. The van der Waals surface area contributed by atoms with Crippen LogP contribution in [0.5, 0.6) is 0 Å². The summed E-state index contributed by atoms with van der Waals surface area (Å²) >= 11 is 0. The van der Waals surface area contributed by atoms with Gasteiger partial charge in [-0.25, -0.2) is 0 Å². The molecule has 116 valence electrons. The van der Waals surface area contributed by atoms with Crippen LogP contribution in [0.25, 0.3) is 0 Å². The molecular formula is C18H28N2O. The highest BCUT2D eigenvalue weighted by molar-refractivity contribution is 5.81. The maximum atomic E-state index is 12.2. The van der Waals surface area contributed by atoms with Crippen molar-refractivity contribution in [1.82, 2.24) is 10.6 Å². The zero-order valence-electron chi connectivity index (χ0n) is 13.3. The third-order valence-corrected chi connectivity index (χ3v) is 4.26. The molecule has 0 radical (unpaired) electrons. The van der Waals surface area contributed by atoms with Crippen molar-refractivity contribution in [3.8, 4) is 0 Å². The summed E-state index contributed by atoms with van der Waals surface area (Å²) in [4.78, 5) is 12.2. The first-order valence-electron chi connectivity index (χ1n) is 8.25. The van der Waals surface area contributed by atoms with Crippen molar-refractivity contribution in [3.63, 3.8) is 0 Å². The lowest BCUT2D eigenvalue weighted by molar-refractivity contribution is -0.123. The number of benzene rings is 1. The van der Waals surface area contributed by atoms with Crippen molar-refractivity contribution in [2.75, 3.05) is 0 Å². The van der Waals surface area contributed by atoms with E-state index in [1.165, 1.54) is 24.8 Å². The molecule has 0 spiro atoms. The number of carbonyl (C=O) groups is 1. The van der Waals surface area contributed by atoms with Crippen molar-refractivity contribution < 1.29 is 4.79 Å². The van der Waals surface area contributed by atoms with Gasteiger partial charge in [-0.1, -0.05) is 49.6 Å². The van der Waals surface area contributed by atoms with Crippen molar-refractivity contribution >= 4 is 5.91 Å². The van der Waals surface area contributed by atoms with Gasteiger partial charge in [0.15, 0.2) is 0 Å². The highest BCUT2D eigenvalue weighted by Crippen LogP contribution is 2.17. The van der Waals surface area contributed by atoms with E-state index < -0.39 is 0 Å². The predicted molar refractivity (Wildman–Crippen MR) is 87.2 cm³/mol. The van der Waals surface area contributed by atoms with Crippen molar-refractivity contribution in [2.45, 2.75) is 70.5 Å². The number of hydrogen-bond acceptors (Lipinski definition) is 2. The number of hydrogen-bond donors (Lipinski definition) is 2. The second-order valence-electron chi connectivity index (χ2n) is 6.32. The van der Waals surface area contributed by atoms with Crippen LogP contribution in [0.4, 0.5) is 0 Å². The Hall–Kier alpha value is -1.35. The van der Waals surface area contributed by atoms with Crippen LogP contribution in [0.15, 0.2) is 30.3 Å². The van der Waals surface area contributed by atoms with E-state index in [9.17, 15) is 4.79 Å². The third-order valence-electron chi connectivity index (χ3n) is 4.26. The molecule has 2 rings (SSSR count). The molecule has 2 N–H and O–H groups in total. The van der Waals surface area contributed by atoms with Gasteiger partial charge in [-0.05, 0) is 38.7 Å². The van der Waals surface area contributed by atoms with Gasteiger partial charge in [0.1, 0.15) is 0 Å². The summed E-state index contributed by atoms with van der Waals surface area (Å²) in [6.07, 6.45) is 7.03. The summed E-state index contributed by atoms with van der Waals surface area (Å²) < 4.78 is 0.